The summed E-state index contributed by atoms with van der Waals surface area (Å²) in [4.78, 5) is 15.1. The zero-order chi connectivity index (χ0) is 31.9. The minimum Gasteiger partial charge on any atom is -0.493 e. The second-order valence-corrected chi connectivity index (χ2v) is 11.7. The lowest BCUT2D eigenvalue weighted by molar-refractivity contribution is -0.253. The number of carbonyl (C=O) groups is 1. The number of aliphatic hydroxyl groups is 1. The summed E-state index contributed by atoms with van der Waals surface area (Å²) in [6.07, 6.45) is 0.660. The summed E-state index contributed by atoms with van der Waals surface area (Å²) in [5.41, 5.74) is 6.89. The normalized spacial score (nSPS) is 19.6. The van der Waals surface area contributed by atoms with E-state index in [0.29, 0.717) is 18.7 Å². The minimum absolute atomic E-state index is 0.00796. The Morgan fingerprint density at radius 1 is 0.870 bits per heavy atom. The van der Waals surface area contributed by atoms with Gasteiger partial charge >= 0.3 is 6.03 Å². The van der Waals surface area contributed by atoms with Gasteiger partial charge in [-0.2, -0.15) is 0 Å². The topological polar surface area (TPSA) is 102 Å². The second-order valence-electron chi connectivity index (χ2n) is 11.7. The maximum Gasteiger partial charge on any atom is 0.319 e. The summed E-state index contributed by atoms with van der Waals surface area (Å²) in [5, 5.41) is 15.4. The molecule has 4 aromatic carbocycles. The SMILES string of the molecule is COc1cc2c(cc1OC)CN(C[C@H]1C[C@@H](c3ccc(CO)cc3)O[C@@H](c3cccc(NC(=O)NCc4ccccc4)c3)O1)CC2. The Labute approximate surface area is 270 Å². The maximum absolute atomic E-state index is 12.7. The first-order chi connectivity index (χ1) is 22.5. The molecule has 0 unspecified atom stereocenters. The average Bonchev–Trinajstić information content (AvgIpc) is 3.10. The van der Waals surface area contributed by atoms with Gasteiger partial charge in [0.05, 0.1) is 33.0 Å². The van der Waals surface area contributed by atoms with E-state index in [1.165, 1.54) is 11.1 Å². The van der Waals surface area contributed by atoms with E-state index < -0.39 is 6.29 Å². The zero-order valence-electron chi connectivity index (χ0n) is 26.3. The predicted octanol–water partition coefficient (Wildman–Crippen LogP) is 6.12. The summed E-state index contributed by atoms with van der Waals surface area (Å²) >= 11 is 0. The molecule has 6 rings (SSSR count). The van der Waals surface area contributed by atoms with Crippen LogP contribution in [0.25, 0.3) is 0 Å². The first kappa shape index (κ1) is 31.6. The third-order valence-corrected chi connectivity index (χ3v) is 8.59. The molecule has 0 radical (unpaired) electrons. The highest BCUT2D eigenvalue weighted by molar-refractivity contribution is 5.89. The Bertz CT molecular complexity index is 1610. The predicted molar refractivity (Wildman–Crippen MR) is 176 cm³/mol. The first-order valence-corrected chi connectivity index (χ1v) is 15.7. The van der Waals surface area contributed by atoms with Crippen molar-refractivity contribution < 1.29 is 28.8 Å². The van der Waals surface area contributed by atoms with Crippen molar-refractivity contribution in [3.8, 4) is 11.5 Å². The van der Waals surface area contributed by atoms with Crippen molar-refractivity contribution in [2.24, 2.45) is 0 Å². The Balaban J connectivity index is 1.17. The minimum atomic E-state index is -0.628. The molecular weight excluding hydrogens is 582 g/mol. The van der Waals surface area contributed by atoms with Gasteiger partial charge in [0.25, 0.3) is 0 Å². The van der Waals surface area contributed by atoms with Crippen LogP contribution in [0.5, 0.6) is 11.5 Å². The van der Waals surface area contributed by atoms with Gasteiger partial charge in [-0.05, 0) is 58.5 Å². The van der Waals surface area contributed by atoms with E-state index in [-0.39, 0.29) is 24.8 Å². The van der Waals surface area contributed by atoms with Crippen molar-refractivity contribution in [2.45, 2.75) is 51.0 Å². The molecule has 0 aromatic heterocycles. The van der Waals surface area contributed by atoms with E-state index in [9.17, 15) is 9.90 Å². The molecule has 2 aliphatic rings. The van der Waals surface area contributed by atoms with Gasteiger partial charge in [-0.25, -0.2) is 4.79 Å². The third-order valence-electron chi connectivity index (χ3n) is 8.59. The molecule has 2 heterocycles. The van der Waals surface area contributed by atoms with E-state index in [1.807, 2.05) is 78.9 Å². The molecule has 4 aromatic rings. The molecular formula is C37H41N3O6. The molecule has 2 aliphatic heterocycles. The van der Waals surface area contributed by atoms with Crippen molar-refractivity contribution in [2.75, 3.05) is 32.6 Å². The largest absolute Gasteiger partial charge is 0.493 e. The molecule has 3 atom stereocenters. The number of nitrogens with one attached hydrogen (secondary N) is 2. The fraction of sp³-hybridized carbons (Fsp3) is 0.324. The summed E-state index contributed by atoms with van der Waals surface area (Å²) in [5.74, 6) is 1.49. The number of aliphatic hydroxyl groups excluding tert-OH is 1. The number of nitrogens with zero attached hydrogens (tertiary/aromatic N) is 1. The first-order valence-electron chi connectivity index (χ1n) is 15.7. The molecule has 0 saturated carbocycles. The molecule has 46 heavy (non-hydrogen) atoms. The lowest BCUT2D eigenvalue weighted by Gasteiger charge is -2.39. The summed E-state index contributed by atoms with van der Waals surface area (Å²) in [6.45, 7) is 2.85. The van der Waals surface area contributed by atoms with Crippen LogP contribution in [0.3, 0.4) is 0 Å². The van der Waals surface area contributed by atoms with Crippen LogP contribution in [0.4, 0.5) is 10.5 Å². The average molecular weight is 624 g/mol. The summed E-state index contributed by atoms with van der Waals surface area (Å²) in [6, 6.07) is 29.2. The van der Waals surface area contributed by atoms with Crippen molar-refractivity contribution in [3.63, 3.8) is 0 Å². The number of rotatable bonds is 10. The number of anilines is 1. The van der Waals surface area contributed by atoms with Crippen molar-refractivity contribution in [1.29, 1.82) is 0 Å². The van der Waals surface area contributed by atoms with Crippen LogP contribution in [0.15, 0.2) is 91.0 Å². The van der Waals surface area contributed by atoms with Gasteiger partial charge in [0.15, 0.2) is 17.8 Å². The van der Waals surface area contributed by atoms with Crippen LogP contribution >= 0.6 is 0 Å². The molecule has 240 valence electrons. The van der Waals surface area contributed by atoms with Crippen molar-refractivity contribution in [3.05, 3.63) is 124 Å². The number of fused-ring (bicyclic) bond motifs is 1. The summed E-state index contributed by atoms with van der Waals surface area (Å²) in [7, 11) is 3.33. The number of methoxy groups -OCH3 is 2. The number of hydrogen-bond donors (Lipinski definition) is 3. The van der Waals surface area contributed by atoms with Crippen LogP contribution in [-0.2, 0) is 35.6 Å². The third kappa shape index (κ3) is 7.68. The molecule has 0 spiro atoms. The number of carbonyl (C=O) groups excluding carboxylic acids is 1. The van der Waals surface area contributed by atoms with Crippen LogP contribution < -0.4 is 20.1 Å². The fourth-order valence-corrected chi connectivity index (χ4v) is 6.13. The standard InChI is InChI=1S/C37H41N3O6/c1-43-34-18-28-15-16-40(22-30(28)19-35(34)44-2)23-32-20-33(27-13-11-26(24-41)12-14-27)46-36(45-32)29-9-6-10-31(17-29)39-37(42)38-21-25-7-4-3-5-8-25/h3-14,17-19,32-33,36,41H,15-16,20-24H2,1-2H3,(H2,38,39,42)/t32-,33+,36+/m1/s1. The number of urea groups is 1. The van der Waals surface area contributed by atoms with E-state index in [2.05, 4.69) is 27.7 Å². The Hall–Kier alpha value is -4.41. The maximum atomic E-state index is 12.7. The highest BCUT2D eigenvalue weighted by atomic mass is 16.7. The van der Waals surface area contributed by atoms with Gasteiger partial charge in [-0.15, -0.1) is 0 Å². The Morgan fingerprint density at radius 3 is 2.37 bits per heavy atom. The smallest absolute Gasteiger partial charge is 0.319 e. The zero-order valence-corrected chi connectivity index (χ0v) is 26.3. The van der Waals surface area contributed by atoms with Crippen LogP contribution in [-0.4, -0.2) is 49.5 Å². The van der Waals surface area contributed by atoms with Gasteiger partial charge < -0.3 is 34.7 Å². The van der Waals surface area contributed by atoms with Gasteiger partial charge in [-0.3, -0.25) is 4.90 Å². The second kappa shape index (κ2) is 14.8. The van der Waals surface area contributed by atoms with Crippen LogP contribution in [0.1, 0.15) is 52.2 Å². The fourth-order valence-electron chi connectivity index (χ4n) is 6.13. The highest BCUT2D eigenvalue weighted by Gasteiger charge is 2.34. The van der Waals surface area contributed by atoms with Crippen molar-refractivity contribution in [1.82, 2.24) is 10.2 Å². The van der Waals surface area contributed by atoms with Gasteiger partial charge in [0.1, 0.15) is 0 Å². The van der Waals surface area contributed by atoms with Crippen molar-refractivity contribution >= 4 is 11.7 Å². The quantitative estimate of drug-likeness (QED) is 0.196. The van der Waals surface area contributed by atoms with Gasteiger partial charge in [0, 0.05) is 43.9 Å². The van der Waals surface area contributed by atoms with Crippen LogP contribution in [0.2, 0.25) is 0 Å². The monoisotopic (exact) mass is 623 g/mol. The Morgan fingerprint density at radius 2 is 1.63 bits per heavy atom. The molecule has 9 heteroatoms. The van der Waals surface area contributed by atoms with E-state index >= 15 is 0 Å². The number of amides is 2. The molecule has 1 fully saturated rings. The number of benzene rings is 4. The lowest BCUT2D eigenvalue weighted by atomic mass is 9.97. The lowest BCUT2D eigenvalue weighted by Crippen LogP contribution is -2.41. The number of ether oxygens (including phenoxy) is 4. The van der Waals surface area contributed by atoms with E-state index in [0.717, 1.165) is 59.8 Å². The van der Waals surface area contributed by atoms with E-state index in [1.54, 1.807) is 14.2 Å². The van der Waals surface area contributed by atoms with E-state index in [4.69, 9.17) is 18.9 Å². The molecule has 0 bridgehead atoms. The van der Waals surface area contributed by atoms with Gasteiger partial charge in [0.2, 0.25) is 0 Å². The molecule has 9 nitrogen and oxygen atoms in total. The van der Waals surface area contributed by atoms with Gasteiger partial charge in [-0.1, -0.05) is 66.7 Å². The molecule has 3 N–H and O–H groups in total. The Kier molecular flexibility index (Phi) is 10.1. The molecule has 0 aliphatic carbocycles. The summed E-state index contributed by atoms with van der Waals surface area (Å²) < 4.78 is 24.3. The van der Waals surface area contributed by atoms with Crippen LogP contribution in [0, 0.1) is 0 Å². The molecule has 1 saturated heterocycles. The highest BCUT2D eigenvalue weighted by Crippen LogP contribution is 2.39. The number of hydrogen-bond acceptors (Lipinski definition) is 7. The molecule has 2 amide bonds.